The number of likely N-dealkylation sites (tertiary alicyclic amines) is 1. The largest absolute Gasteiger partial charge is 0.465 e. The molecule has 3 nitrogen and oxygen atoms in total. The molecule has 2 saturated heterocycles. The van der Waals surface area contributed by atoms with Gasteiger partial charge >= 0.3 is 5.97 Å². The van der Waals surface area contributed by atoms with Crippen molar-refractivity contribution in [2.75, 3.05) is 19.7 Å². The molecule has 0 radical (unpaired) electrons. The number of carbonyl (C=O) groups is 1. The first kappa shape index (κ1) is 9.00. The molecule has 74 valence electrons. The molecule has 2 heterocycles. The molecular formula is C10H17NO2. The Labute approximate surface area is 79.0 Å². The predicted molar refractivity (Wildman–Crippen MR) is 49.4 cm³/mol. The van der Waals surface area contributed by atoms with E-state index >= 15 is 0 Å². The predicted octanol–water partition coefficient (Wildman–Crippen LogP) is 1.18. The van der Waals surface area contributed by atoms with E-state index in [2.05, 4.69) is 4.90 Å². The number of nitrogens with zero attached hydrogens (tertiary/aromatic N) is 1. The Morgan fingerprint density at radius 3 is 2.69 bits per heavy atom. The highest BCUT2D eigenvalue weighted by molar-refractivity contribution is 5.76. The summed E-state index contributed by atoms with van der Waals surface area (Å²) in [5.41, 5.74) is 0. The first-order valence-electron chi connectivity index (χ1n) is 5.28. The molecule has 2 rings (SSSR count). The van der Waals surface area contributed by atoms with Crippen molar-refractivity contribution in [2.45, 2.75) is 38.1 Å². The molecule has 0 amide bonds. The van der Waals surface area contributed by atoms with Gasteiger partial charge in [0.2, 0.25) is 0 Å². The zero-order valence-electron chi connectivity index (χ0n) is 8.00. The van der Waals surface area contributed by atoms with Crippen molar-refractivity contribution in [3.8, 4) is 0 Å². The summed E-state index contributed by atoms with van der Waals surface area (Å²) < 4.78 is 5.15. The van der Waals surface area contributed by atoms with Gasteiger partial charge in [-0.15, -0.1) is 0 Å². The lowest BCUT2D eigenvalue weighted by Crippen LogP contribution is -2.39. The molecule has 0 spiro atoms. The molecular weight excluding hydrogens is 166 g/mol. The van der Waals surface area contributed by atoms with E-state index < -0.39 is 0 Å². The van der Waals surface area contributed by atoms with Crippen LogP contribution in [0.3, 0.4) is 0 Å². The van der Waals surface area contributed by atoms with Gasteiger partial charge in [-0.25, -0.2) is 0 Å². The maximum atomic E-state index is 11.5. The summed E-state index contributed by atoms with van der Waals surface area (Å²) in [6, 6.07) is 0.0741. The number of esters is 1. The second-order valence-electron chi connectivity index (χ2n) is 3.92. The van der Waals surface area contributed by atoms with Crippen LogP contribution in [0.1, 0.15) is 32.1 Å². The average molecular weight is 183 g/mol. The van der Waals surface area contributed by atoms with Gasteiger partial charge in [-0.3, -0.25) is 9.69 Å². The van der Waals surface area contributed by atoms with Crippen molar-refractivity contribution in [1.29, 1.82) is 0 Å². The Bertz CT molecular complexity index is 187. The molecule has 13 heavy (non-hydrogen) atoms. The molecule has 0 aromatic heterocycles. The number of cyclic esters (lactones) is 1. The van der Waals surface area contributed by atoms with E-state index in [0.717, 1.165) is 32.4 Å². The molecule has 2 fully saturated rings. The summed E-state index contributed by atoms with van der Waals surface area (Å²) in [6.45, 7) is 2.79. The topological polar surface area (TPSA) is 29.5 Å². The highest BCUT2D eigenvalue weighted by Gasteiger charge is 2.30. The molecule has 3 heteroatoms. The van der Waals surface area contributed by atoms with Crippen LogP contribution in [0.4, 0.5) is 0 Å². The van der Waals surface area contributed by atoms with E-state index in [1.165, 1.54) is 12.8 Å². The van der Waals surface area contributed by atoms with Crippen LogP contribution in [0.5, 0.6) is 0 Å². The monoisotopic (exact) mass is 183 g/mol. The van der Waals surface area contributed by atoms with Crippen LogP contribution in [-0.4, -0.2) is 36.6 Å². The zero-order chi connectivity index (χ0) is 9.10. The smallest absolute Gasteiger partial charge is 0.323 e. The van der Waals surface area contributed by atoms with Crippen molar-refractivity contribution in [1.82, 2.24) is 4.90 Å². The van der Waals surface area contributed by atoms with Gasteiger partial charge in [0.1, 0.15) is 6.04 Å². The highest BCUT2D eigenvalue weighted by atomic mass is 16.5. The molecule has 1 atom stereocenters. The van der Waals surface area contributed by atoms with Crippen LogP contribution in [-0.2, 0) is 9.53 Å². The summed E-state index contributed by atoms with van der Waals surface area (Å²) in [5.74, 6) is 0.0133. The van der Waals surface area contributed by atoms with Crippen molar-refractivity contribution < 1.29 is 9.53 Å². The van der Waals surface area contributed by atoms with Crippen LogP contribution in [0.25, 0.3) is 0 Å². The van der Waals surface area contributed by atoms with Crippen molar-refractivity contribution in [2.24, 2.45) is 0 Å². The Kier molecular flexibility index (Phi) is 2.83. The SMILES string of the molecule is O=C1OCCCCC1N1CCCC1. The van der Waals surface area contributed by atoms with E-state index in [4.69, 9.17) is 4.74 Å². The fourth-order valence-corrected chi connectivity index (χ4v) is 2.21. The van der Waals surface area contributed by atoms with Crippen LogP contribution in [0.2, 0.25) is 0 Å². The highest BCUT2D eigenvalue weighted by Crippen LogP contribution is 2.19. The van der Waals surface area contributed by atoms with Gasteiger partial charge in [0, 0.05) is 0 Å². The number of hydrogen-bond acceptors (Lipinski definition) is 3. The van der Waals surface area contributed by atoms with E-state index in [1.54, 1.807) is 0 Å². The molecule has 0 aromatic carbocycles. The van der Waals surface area contributed by atoms with Gasteiger partial charge in [0.15, 0.2) is 0 Å². The van der Waals surface area contributed by atoms with Crippen LogP contribution >= 0.6 is 0 Å². The van der Waals surface area contributed by atoms with Gasteiger partial charge < -0.3 is 4.74 Å². The molecule has 0 N–H and O–H groups in total. The van der Waals surface area contributed by atoms with Gasteiger partial charge in [-0.1, -0.05) is 0 Å². The van der Waals surface area contributed by atoms with Crippen LogP contribution < -0.4 is 0 Å². The fraction of sp³-hybridized carbons (Fsp3) is 0.900. The number of rotatable bonds is 1. The fourth-order valence-electron chi connectivity index (χ4n) is 2.21. The molecule has 0 aliphatic carbocycles. The maximum Gasteiger partial charge on any atom is 0.323 e. The van der Waals surface area contributed by atoms with E-state index in [1.807, 2.05) is 0 Å². The number of hydrogen-bond donors (Lipinski definition) is 0. The third-order valence-corrected chi connectivity index (χ3v) is 2.97. The first-order valence-corrected chi connectivity index (χ1v) is 5.28. The lowest BCUT2D eigenvalue weighted by molar-refractivity contribution is -0.148. The minimum absolute atomic E-state index is 0.0133. The third kappa shape index (κ3) is 2.02. The summed E-state index contributed by atoms with van der Waals surface area (Å²) >= 11 is 0. The quantitative estimate of drug-likeness (QED) is 0.572. The Hall–Kier alpha value is -0.570. The third-order valence-electron chi connectivity index (χ3n) is 2.97. The molecule has 0 aromatic rings. The van der Waals surface area contributed by atoms with Gasteiger partial charge in [0.25, 0.3) is 0 Å². The molecule has 1 unspecified atom stereocenters. The van der Waals surface area contributed by atoms with E-state index in [-0.39, 0.29) is 12.0 Å². The van der Waals surface area contributed by atoms with Crippen molar-refractivity contribution in [3.63, 3.8) is 0 Å². The lowest BCUT2D eigenvalue weighted by atomic mass is 10.1. The van der Waals surface area contributed by atoms with Crippen LogP contribution in [0.15, 0.2) is 0 Å². The summed E-state index contributed by atoms with van der Waals surface area (Å²) in [7, 11) is 0. The maximum absolute atomic E-state index is 11.5. The summed E-state index contributed by atoms with van der Waals surface area (Å²) in [4.78, 5) is 13.8. The van der Waals surface area contributed by atoms with E-state index in [0.29, 0.717) is 6.61 Å². The molecule has 2 aliphatic rings. The Morgan fingerprint density at radius 1 is 1.15 bits per heavy atom. The number of carbonyl (C=O) groups excluding carboxylic acids is 1. The van der Waals surface area contributed by atoms with Gasteiger partial charge in [-0.2, -0.15) is 0 Å². The second-order valence-corrected chi connectivity index (χ2v) is 3.92. The second kappa shape index (κ2) is 4.09. The van der Waals surface area contributed by atoms with Crippen molar-refractivity contribution in [3.05, 3.63) is 0 Å². The normalized spacial score (nSPS) is 31.4. The zero-order valence-corrected chi connectivity index (χ0v) is 8.00. The molecule has 0 bridgehead atoms. The molecule has 2 aliphatic heterocycles. The molecule has 0 saturated carbocycles. The Balaban J connectivity index is 1.97. The van der Waals surface area contributed by atoms with Crippen LogP contribution in [0, 0.1) is 0 Å². The van der Waals surface area contributed by atoms with Crippen molar-refractivity contribution >= 4 is 5.97 Å². The first-order chi connectivity index (χ1) is 6.38. The average Bonchev–Trinajstić information content (AvgIpc) is 2.56. The minimum atomic E-state index is 0.0133. The van der Waals surface area contributed by atoms with Gasteiger partial charge in [-0.05, 0) is 45.2 Å². The van der Waals surface area contributed by atoms with Gasteiger partial charge in [0.05, 0.1) is 6.61 Å². The standard InChI is InChI=1S/C10H17NO2/c12-10-9(5-1-4-8-13-10)11-6-2-3-7-11/h9H,1-8H2. The minimum Gasteiger partial charge on any atom is -0.465 e. The lowest BCUT2D eigenvalue weighted by Gasteiger charge is -2.23. The Morgan fingerprint density at radius 2 is 1.92 bits per heavy atom. The number of ether oxygens (including phenoxy) is 1. The van der Waals surface area contributed by atoms with E-state index in [9.17, 15) is 4.79 Å². The summed E-state index contributed by atoms with van der Waals surface area (Å²) in [6.07, 6.45) is 5.65. The summed E-state index contributed by atoms with van der Waals surface area (Å²) in [5, 5.41) is 0.